The van der Waals surface area contributed by atoms with Gasteiger partial charge in [0, 0.05) is 28.4 Å². The van der Waals surface area contributed by atoms with E-state index in [4.69, 9.17) is 15.5 Å². The number of anilines is 1. The number of hydrogen-bond donors (Lipinski definition) is 2. The van der Waals surface area contributed by atoms with Crippen LogP contribution < -0.4 is 21.3 Å². The second-order valence-electron chi connectivity index (χ2n) is 7.59. The molecule has 4 aromatic rings. The zero-order chi connectivity index (χ0) is 20.5. The second kappa shape index (κ2) is 7.80. The van der Waals surface area contributed by atoms with Crippen LogP contribution in [0.25, 0.3) is 28.0 Å². The molecule has 0 saturated carbocycles. The third kappa shape index (κ3) is 3.39. The molecular formula is C22H23BN6O. The van der Waals surface area contributed by atoms with Crippen molar-refractivity contribution >= 4 is 24.8 Å². The fourth-order valence-corrected chi connectivity index (χ4v) is 3.80. The summed E-state index contributed by atoms with van der Waals surface area (Å²) in [6.45, 7) is 1.91. The number of aromatic nitrogens is 4. The topological polar surface area (TPSA) is 90.4 Å². The molecule has 1 aliphatic rings. The largest absolute Gasteiger partial charge is 0.475 e. The van der Waals surface area contributed by atoms with Crippen molar-refractivity contribution in [2.24, 2.45) is 0 Å². The van der Waals surface area contributed by atoms with Crippen molar-refractivity contribution in [2.75, 3.05) is 18.8 Å². The number of nitrogens with two attached hydrogens (primary N) is 1. The van der Waals surface area contributed by atoms with Crippen molar-refractivity contribution in [3.8, 4) is 28.3 Å². The Balaban J connectivity index is 1.51. The van der Waals surface area contributed by atoms with E-state index < -0.39 is 0 Å². The van der Waals surface area contributed by atoms with Crippen molar-refractivity contribution in [3.63, 3.8) is 0 Å². The maximum absolute atomic E-state index is 6.37. The average molecular weight is 398 g/mol. The lowest BCUT2D eigenvalue weighted by Crippen LogP contribution is -2.35. The van der Waals surface area contributed by atoms with Crippen molar-refractivity contribution in [1.82, 2.24) is 24.9 Å². The van der Waals surface area contributed by atoms with Gasteiger partial charge in [0.05, 0.1) is 11.9 Å². The molecule has 0 aliphatic carbocycles. The number of nitrogens with one attached hydrogen (secondary N) is 1. The Morgan fingerprint density at radius 2 is 1.83 bits per heavy atom. The molecule has 1 aromatic carbocycles. The van der Waals surface area contributed by atoms with Crippen LogP contribution in [-0.4, -0.2) is 46.6 Å². The molecule has 8 heteroatoms. The summed E-state index contributed by atoms with van der Waals surface area (Å²) in [6.07, 6.45) is 5.71. The molecule has 0 bridgehead atoms. The fourth-order valence-electron chi connectivity index (χ4n) is 3.80. The van der Waals surface area contributed by atoms with Crippen molar-refractivity contribution in [1.29, 1.82) is 0 Å². The van der Waals surface area contributed by atoms with Crippen molar-refractivity contribution < 1.29 is 4.74 Å². The molecular weight excluding hydrogens is 375 g/mol. The van der Waals surface area contributed by atoms with E-state index in [1.165, 1.54) is 0 Å². The van der Waals surface area contributed by atoms with Gasteiger partial charge >= 0.3 is 0 Å². The van der Waals surface area contributed by atoms with E-state index in [1.807, 2.05) is 56.5 Å². The number of hydrogen-bond acceptors (Lipinski definition) is 6. The number of pyridine rings is 1. The maximum Gasteiger partial charge on any atom is 0.212 e. The lowest BCUT2D eigenvalue weighted by atomic mass is 9.97. The van der Waals surface area contributed by atoms with Gasteiger partial charge in [-0.15, -0.1) is 0 Å². The molecule has 7 nitrogen and oxygen atoms in total. The third-order valence-electron chi connectivity index (χ3n) is 5.59. The van der Waals surface area contributed by atoms with E-state index >= 15 is 0 Å². The number of nitrogens with zero attached hydrogens (tertiary/aromatic N) is 4. The summed E-state index contributed by atoms with van der Waals surface area (Å²) in [5, 5.41) is 7.81. The molecule has 1 saturated heterocycles. The summed E-state index contributed by atoms with van der Waals surface area (Å²) in [5.74, 6) is 1.13. The van der Waals surface area contributed by atoms with Gasteiger partial charge in [0.15, 0.2) is 13.5 Å². The van der Waals surface area contributed by atoms with Crippen LogP contribution in [0.5, 0.6) is 5.88 Å². The monoisotopic (exact) mass is 398 g/mol. The van der Waals surface area contributed by atoms with Gasteiger partial charge < -0.3 is 15.8 Å². The van der Waals surface area contributed by atoms with Crippen LogP contribution in [0.2, 0.25) is 0 Å². The highest BCUT2D eigenvalue weighted by Crippen LogP contribution is 2.27. The first kappa shape index (κ1) is 18.6. The Kier molecular flexibility index (Phi) is 4.84. The zero-order valence-electron chi connectivity index (χ0n) is 16.9. The Morgan fingerprint density at radius 1 is 1.03 bits per heavy atom. The summed E-state index contributed by atoms with van der Waals surface area (Å²) >= 11 is 0. The third-order valence-corrected chi connectivity index (χ3v) is 5.59. The molecule has 0 atom stereocenters. The van der Waals surface area contributed by atoms with E-state index in [0.29, 0.717) is 17.3 Å². The minimum Gasteiger partial charge on any atom is -0.475 e. The number of benzene rings is 1. The molecule has 150 valence electrons. The minimum absolute atomic E-state index is 0.150. The predicted molar refractivity (Wildman–Crippen MR) is 121 cm³/mol. The lowest BCUT2D eigenvalue weighted by Gasteiger charge is -2.24. The fraction of sp³-hybridized carbons (Fsp3) is 0.227. The molecule has 0 spiro atoms. The summed E-state index contributed by atoms with van der Waals surface area (Å²) in [4.78, 5) is 9.43. The first-order chi connectivity index (χ1) is 14.7. The van der Waals surface area contributed by atoms with Crippen LogP contribution in [0.4, 0.5) is 5.82 Å². The quantitative estimate of drug-likeness (QED) is 0.506. The molecule has 1 fully saturated rings. The van der Waals surface area contributed by atoms with Gasteiger partial charge in [0.2, 0.25) is 5.88 Å². The van der Waals surface area contributed by atoms with Crippen LogP contribution >= 0.6 is 0 Å². The van der Waals surface area contributed by atoms with Gasteiger partial charge in [-0.1, -0.05) is 36.4 Å². The number of piperidine rings is 1. The van der Waals surface area contributed by atoms with E-state index in [-0.39, 0.29) is 6.10 Å². The number of ether oxygens (including phenoxy) is 1. The molecule has 5 rings (SSSR count). The number of nitrogen functional groups attached to an aromatic ring is 1. The normalized spacial score (nSPS) is 14.8. The van der Waals surface area contributed by atoms with Gasteiger partial charge in [0.25, 0.3) is 0 Å². The van der Waals surface area contributed by atoms with Crippen LogP contribution in [0.3, 0.4) is 0 Å². The summed E-state index contributed by atoms with van der Waals surface area (Å²) in [6, 6.07) is 14.2. The molecule has 0 unspecified atom stereocenters. The van der Waals surface area contributed by atoms with Crippen molar-refractivity contribution in [3.05, 3.63) is 54.9 Å². The Hall–Kier alpha value is -3.39. The SMILES string of the molecule is Bc1c(OC2CCNCC2)nc2c(-c3ccc(-c4ccccc4)nc3)cnn2c1N. The van der Waals surface area contributed by atoms with Gasteiger partial charge in [-0.3, -0.25) is 4.98 Å². The molecule has 4 heterocycles. The second-order valence-corrected chi connectivity index (χ2v) is 7.59. The summed E-state index contributed by atoms with van der Waals surface area (Å²) in [5.41, 5.74) is 11.7. The first-order valence-corrected chi connectivity index (χ1v) is 10.2. The first-order valence-electron chi connectivity index (χ1n) is 10.2. The van der Waals surface area contributed by atoms with Gasteiger partial charge in [-0.25, -0.2) is 0 Å². The van der Waals surface area contributed by atoms with Gasteiger partial charge in [-0.2, -0.15) is 14.6 Å². The Morgan fingerprint density at radius 3 is 2.57 bits per heavy atom. The highest BCUT2D eigenvalue weighted by atomic mass is 16.5. The van der Waals surface area contributed by atoms with Crippen LogP contribution in [0, 0.1) is 0 Å². The van der Waals surface area contributed by atoms with Gasteiger partial charge in [0.1, 0.15) is 11.9 Å². The highest BCUT2D eigenvalue weighted by Gasteiger charge is 2.20. The predicted octanol–water partition coefficient (Wildman–Crippen LogP) is 1.43. The van der Waals surface area contributed by atoms with Gasteiger partial charge in [-0.05, 0) is 32.0 Å². The summed E-state index contributed by atoms with van der Waals surface area (Å²) < 4.78 is 7.90. The van der Waals surface area contributed by atoms with E-state index in [9.17, 15) is 0 Å². The molecule has 0 amide bonds. The Labute approximate surface area is 175 Å². The van der Waals surface area contributed by atoms with E-state index in [1.54, 1.807) is 10.7 Å². The van der Waals surface area contributed by atoms with Crippen LogP contribution in [0.15, 0.2) is 54.9 Å². The molecule has 0 radical (unpaired) electrons. The Bertz CT molecular complexity index is 1170. The molecule has 3 N–H and O–H groups in total. The standard InChI is InChI=1S/C22H23BN6O/c23-19-20(24)29-21(28-22(19)30-16-8-10-25-11-9-16)17(13-27-29)15-6-7-18(26-12-15)14-4-2-1-3-5-14/h1-7,12-13,16,25H,8-11,23-24H2. The van der Waals surface area contributed by atoms with E-state index in [0.717, 1.165) is 53.8 Å². The van der Waals surface area contributed by atoms with Crippen molar-refractivity contribution in [2.45, 2.75) is 18.9 Å². The highest BCUT2D eigenvalue weighted by molar-refractivity contribution is 6.37. The molecule has 30 heavy (non-hydrogen) atoms. The van der Waals surface area contributed by atoms with E-state index in [2.05, 4.69) is 15.4 Å². The average Bonchev–Trinajstić information content (AvgIpc) is 3.23. The molecule has 3 aromatic heterocycles. The maximum atomic E-state index is 6.37. The zero-order valence-corrected chi connectivity index (χ0v) is 16.9. The van der Waals surface area contributed by atoms with Crippen LogP contribution in [-0.2, 0) is 0 Å². The minimum atomic E-state index is 0.150. The smallest absolute Gasteiger partial charge is 0.212 e. The number of rotatable bonds is 4. The summed E-state index contributed by atoms with van der Waals surface area (Å²) in [7, 11) is 1.93. The number of fused-ring (bicyclic) bond motifs is 1. The van der Waals surface area contributed by atoms with Crippen LogP contribution in [0.1, 0.15) is 12.8 Å². The molecule has 1 aliphatic heterocycles. The lowest BCUT2D eigenvalue weighted by molar-refractivity contribution is 0.158.